The third-order valence-corrected chi connectivity index (χ3v) is 10.1. The fourth-order valence-electron chi connectivity index (χ4n) is 7.03. The molecule has 11 heteroatoms. The zero-order chi connectivity index (χ0) is 35.2. The van der Waals surface area contributed by atoms with Crippen LogP contribution in [0, 0.1) is 5.92 Å². The summed E-state index contributed by atoms with van der Waals surface area (Å²) in [5.41, 5.74) is 5.22. The number of amides is 2. The number of anilines is 1. The lowest BCUT2D eigenvalue weighted by Gasteiger charge is -2.36. The molecule has 2 aromatic carbocycles. The Kier molecular flexibility index (Phi) is 9.09. The first kappa shape index (κ1) is 33.7. The number of imidazole rings is 1. The highest BCUT2D eigenvalue weighted by Crippen LogP contribution is 2.42. The number of piperazine rings is 1. The Bertz CT molecular complexity index is 1840. The van der Waals surface area contributed by atoms with Crippen molar-refractivity contribution in [3.63, 3.8) is 0 Å². The maximum absolute atomic E-state index is 13.3. The van der Waals surface area contributed by atoms with Crippen LogP contribution in [-0.4, -0.2) is 87.9 Å². The van der Waals surface area contributed by atoms with E-state index in [-0.39, 0.29) is 30.1 Å². The number of methoxy groups -OCH3 is 1. The molecule has 2 amide bonds. The summed E-state index contributed by atoms with van der Waals surface area (Å²) in [4.78, 5) is 41.4. The van der Waals surface area contributed by atoms with Gasteiger partial charge in [-0.2, -0.15) is 0 Å². The number of pyridine rings is 1. The second-order valence-corrected chi connectivity index (χ2v) is 14.9. The molecule has 3 fully saturated rings. The average molecular weight is 681 g/mol. The standard InChI is InChI=1S/C39H48N6O5/c1-25(27-7-12-32(48-6)13-8-27)44-23-29(21-36(44)46)26(2)49-35-20-28(19-34-37(35)45(24-41-34)30-9-10-30)33-14-11-31(22-40-33)42-15-17-43(18-16-42)38(47)50-39(3,4)5/h7-8,11-14,19-20,22,24-26,29-30H,9-10,15-18,21,23H2,1-6H3/t25-,26-,29-/m1/s1. The molecule has 3 atom stereocenters. The molecule has 264 valence electrons. The summed E-state index contributed by atoms with van der Waals surface area (Å²) in [7, 11) is 1.66. The number of ether oxygens (including phenoxy) is 3. The number of rotatable bonds is 9. The molecule has 0 radical (unpaired) electrons. The second kappa shape index (κ2) is 13.5. The molecule has 0 N–H and O–H groups in total. The molecule has 4 aromatic rings. The van der Waals surface area contributed by atoms with Crippen LogP contribution in [0.3, 0.4) is 0 Å². The van der Waals surface area contributed by atoms with E-state index in [1.807, 2.05) is 68.5 Å². The Morgan fingerprint density at radius 1 is 0.960 bits per heavy atom. The van der Waals surface area contributed by atoms with Crippen molar-refractivity contribution < 1.29 is 23.8 Å². The fraction of sp³-hybridized carbons (Fsp3) is 0.487. The van der Waals surface area contributed by atoms with Gasteiger partial charge in [0.05, 0.1) is 42.6 Å². The number of hydrogen-bond donors (Lipinski definition) is 0. The number of benzene rings is 2. The lowest BCUT2D eigenvalue weighted by molar-refractivity contribution is -0.129. The summed E-state index contributed by atoms with van der Waals surface area (Å²) in [6, 6.07) is 16.6. The SMILES string of the molecule is COc1ccc([C@@H](C)N2C[C@H]([C@@H](C)Oc3cc(-c4ccc(N5CCN(C(=O)OC(C)(C)C)CC5)cn4)cc4ncn(C5CC5)c34)CC2=O)cc1. The highest BCUT2D eigenvalue weighted by molar-refractivity contribution is 5.88. The van der Waals surface area contributed by atoms with E-state index in [0.29, 0.717) is 45.2 Å². The van der Waals surface area contributed by atoms with Gasteiger partial charge in [-0.15, -0.1) is 0 Å². The third-order valence-electron chi connectivity index (χ3n) is 10.1. The Morgan fingerprint density at radius 3 is 2.34 bits per heavy atom. The molecule has 4 heterocycles. The maximum atomic E-state index is 13.3. The summed E-state index contributed by atoms with van der Waals surface area (Å²) >= 11 is 0. The lowest BCUT2D eigenvalue weighted by Crippen LogP contribution is -2.50. The van der Waals surface area contributed by atoms with Gasteiger partial charge in [0.15, 0.2) is 0 Å². The normalized spacial score (nSPS) is 19.5. The highest BCUT2D eigenvalue weighted by Gasteiger charge is 2.37. The molecular weight excluding hydrogens is 632 g/mol. The summed E-state index contributed by atoms with van der Waals surface area (Å²) in [5, 5.41) is 0. The molecule has 0 unspecified atom stereocenters. The Morgan fingerprint density at radius 2 is 1.70 bits per heavy atom. The maximum Gasteiger partial charge on any atom is 0.410 e. The Balaban J connectivity index is 1.07. The molecule has 50 heavy (non-hydrogen) atoms. The van der Waals surface area contributed by atoms with E-state index in [0.717, 1.165) is 57.9 Å². The summed E-state index contributed by atoms with van der Waals surface area (Å²) in [6.07, 6.45) is 6.08. The predicted octanol–water partition coefficient (Wildman–Crippen LogP) is 6.88. The van der Waals surface area contributed by atoms with Crippen molar-refractivity contribution in [1.82, 2.24) is 24.3 Å². The average Bonchev–Trinajstić information content (AvgIpc) is 3.74. The molecule has 1 aliphatic carbocycles. The van der Waals surface area contributed by atoms with E-state index in [1.165, 1.54) is 0 Å². The van der Waals surface area contributed by atoms with Crippen molar-refractivity contribution in [1.29, 1.82) is 0 Å². The molecule has 0 bridgehead atoms. The molecule has 7 rings (SSSR count). The molecule has 3 aliphatic rings. The topological polar surface area (TPSA) is 102 Å². The van der Waals surface area contributed by atoms with Crippen LogP contribution in [0.15, 0.2) is 61.1 Å². The zero-order valence-corrected chi connectivity index (χ0v) is 30.0. The molecule has 2 saturated heterocycles. The lowest BCUT2D eigenvalue weighted by atomic mass is 10.0. The van der Waals surface area contributed by atoms with E-state index >= 15 is 0 Å². The van der Waals surface area contributed by atoms with Gasteiger partial charge in [0.25, 0.3) is 0 Å². The Hall–Kier alpha value is -4.80. The van der Waals surface area contributed by atoms with Crippen LogP contribution in [-0.2, 0) is 9.53 Å². The van der Waals surface area contributed by atoms with Gasteiger partial charge in [-0.25, -0.2) is 9.78 Å². The van der Waals surface area contributed by atoms with Crippen molar-refractivity contribution in [3.8, 4) is 22.8 Å². The number of likely N-dealkylation sites (tertiary alicyclic amines) is 1. The van der Waals surface area contributed by atoms with Crippen molar-refractivity contribution in [3.05, 3.63) is 66.6 Å². The summed E-state index contributed by atoms with van der Waals surface area (Å²) < 4.78 is 19.9. The number of fused-ring (bicyclic) bond motifs is 1. The molecule has 1 saturated carbocycles. The predicted molar refractivity (Wildman–Crippen MR) is 193 cm³/mol. The summed E-state index contributed by atoms with van der Waals surface area (Å²) in [6.45, 7) is 13.1. The Labute approximate surface area is 294 Å². The van der Waals surface area contributed by atoms with Crippen molar-refractivity contribution >= 4 is 28.7 Å². The van der Waals surface area contributed by atoms with E-state index in [4.69, 9.17) is 24.2 Å². The van der Waals surface area contributed by atoms with Crippen LogP contribution in [0.5, 0.6) is 11.5 Å². The van der Waals surface area contributed by atoms with Gasteiger partial charge in [0.1, 0.15) is 28.7 Å². The van der Waals surface area contributed by atoms with Crippen molar-refractivity contribution in [2.24, 2.45) is 5.92 Å². The minimum atomic E-state index is -0.510. The zero-order valence-electron chi connectivity index (χ0n) is 30.0. The van der Waals surface area contributed by atoms with Crippen molar-refractivity contribution in [2.75, 3.05) is 44.7 Å². The van der Waals surface area contributed by atoms with Crippen molar-refractivity contribution in [2.45, 2.75) is 77.7 Å². The number of carbonyl (C=O) groups excluding carboxylic acids is 2. The number of hydrogen-bond acceptors (Lipinski definition) is 8. The number of nitrogens with zero attached hydrogens (tertiary/aromatic N) is 6. The summed E-state index contributed by atoms with van der Waals surface area (Å²) in [5.74, 6) is 1.76. The van der Waals surface area contributed by atoms with Gasteiger partial charge in [-0.1, -0.05) is 12.1 Å². The number of aromatic nitrogens is 3. The first-order valence-electron chi connectivity index (χ1n) is 17.8. The minimum absolute atomic E-state index is 0.0418. The largest absolute Gasteiger partial charge is 0.497 e. The molecular formula is C39H48N6O5. The van der Waals surface area contributed by atoms with Crippen LogP contribution in [0.4, 0.5) is 10.5 Å². The van der Waals surface area contributed by atoms with E-state index in [9.17, 15) is 9.59 Å². The van der Waals surface area contributed by atoms with Gasteiger partial charge in [0, 0.05) is 56.7 Å². The first-order valence-corrected chi connectivity index (χ1v) is 17.8. The molecule has 2 aromatic heterocycles. The molecule has 2 aliphatic heterocycles. The number of carbonyl (C=O) groups is 2. The minimum Gasteiger partial charge on any atom is -0.497 e. The van der Waals surface area contributed by atoms with E-state index < -0.39 is 5.60 Å². The molecule has 11 nitrogen and oxygen atoms in total. The molecule has 0 spiro atoms. The van der Waals surface area contributed by atoms with Gasteiger partial charge in [-0.05, 0) is 89.4 Å². The fourth-order valence-corrected chi connectivity index (χ4v) is 7.03. The van der Waals surface area contributed by atoms with E-state index in [2.05, 4.69) is 41.5 Å². The monoisotopic (exact) mass is 680 g/mol. The van der Waals surface area contributed by atoms with Crippen LogP contribution in [0.2, 0.25) is 0 Å². The van der Waals surface area contributed by atoms with Crippen LogP contribution < -0.4 is 14.4 Å². The highest BCUT2D eigenvalue weighted by atomic mass is 16.6. The quantitative estimate of drug-likeness (QED) is 0.189. The van der Waals surface area contributed by atoms with Gasteiger partial charge in [0.2, 0.25) is 5.91 Å². The third kappa shape index (κ3) is 7.09. The van der Waals surface area contributed by atoms with Crippen LogP contribution in [0.1, 0.15) is 71.5 Å². The van der Waals surface area contributed by atoms with Crippen LogP contribution >= 0.6 is 0 Å². The van der Waals surface area contributed by atoms with Gasteiger partial charge < -0.3 is 33.5 Å². The smallest absolute Gasteiger partial charge is 0.410 e. The van der Waals surface area contributed by atoms with Gasteiger partial charge >= 0.3 is 6.09 Å². The van der Waals surface area contributed by atoms with Crippen LogP contribution in [0.25, 0.3) is 22.3 Å². The second-order valence-electron chi connectivity index (χ2n) is 14.9. The van der Waals surface area contributed by atoms with E-state index in [1.54, 1.807) is 12.0 Å². The van der Waals surface area contributed by atoms with Gasteiger partial charge in [-0.3, -0.25) is 9.78 Å². The first-order chi connectivity index (χ1) is 24.0.